The molecule has 0 unspecified atom stereocenters. The molecule has 10 heteroatoms. The number of pyridine rings is 1. The third-order valence-corrected chi connectivity index (χ3v) is 5.14. The van der Waals surface area contributed by atoms with E-state index in [1.54, 1.807) is 67.2 Å². The molecule has 0 radical (unpaired) electrons. The van der Waals surface area contributed by atoms with E-state index in [4.69, 9.17) is 11.0 Å². The second-order valence-electron chi connectivity index (χ2n) is 7.93. The molecule has 3 aromatic heterocycles. The molecule has 0 aliphatic rings. The standard InChI is InChI=1S/C23H20N8O2/c1-23(2,21(32)33)20-8-4-7-16(26-20)12-31-13-19(29-30-31)18-10-17(27-22(25)28-18)15-6-3-5-14(9-15)11-24/h3-10,13H,12H2,1-2H3,(H,32,33)(H2,25,27,28). The van der Waals surface area contributed by atoms with Gasteiger partial charge in [-0.1, -0.05) is 23.4 Å². The summed E-state index contributed by atoms with van der Waals surface area (Å²) in [5.74, 6) is -0.877. The lowest BCUT2D eigenvalue weighted by Crippen LogP contribution is -2.30. The summed E-state index contributed by atoms with van der Waals surface area (Å²) in [7, 11) is 0. The number of anilines is 1. The number of aromatic nitrogens is 6. The highest BCUT2D eigenvalue weighted by Gasteiger charge is 2.31. The zero-order chi connectivity index (χ0) is 23.6. The van der Waals surface area contributed by atoms with E-state index < -0.39 is 11.4 Å². The fraction of sp³-hybridized carbons (Fsp3) is 0.174. The largest absolute Gasteiger partial charge is 0.481 e. The number of hydrogen-bond donors (Lipinski definition) is 2. The van der Waals surface area contributed by atoms with Gasteiger partial charge in [0, 0.05) is 5.56 Å². The molecule has 3 N–H and O–H groups in total. The minimum Gasteiger partial charge on any atom is -0.481 e. The Morgan fingerprint density at radius 3 is 2.61 bits per heavy atom. The number of nitrogens with two attached hydrogens (primary N) is 1. The maximum absolute atomic E-state index is 11.5. The van der Waals surface area contributed by atoms with Crippen molar-refractivity contribution in [2.45, 2.75) is 25.8 Å². The Morgan fingerprint density at radius 2 is 1.85 bits per heavy atom. The minimum atomic E-state index is -1.11. The molecule has 1 aromatic carbocycles. The second kappa shape index (κ2) is 8.47. The molecule has 164 valence electrons. The monoisotopic (exact) mass is 440 g/mol. The van der Waals surface area contributed by atoms with Gasteiger partial charge in [-0.25, -0.2) is 14.6 Å². The SMILES string of the molecule is CC(C)(C(=O)O)c1cccc(Cn2cc(-c3cc(-c4cccc(C#N)c4)nc(N)n3)nn2)n1. The molecule has 4 rings (SSSR count). The van der Waals surface area contributed by atoms with Gasteiger partial charge >= 0.3 is 5.97 Å². The van der Waals surface area contributed by atoms with E-state index in [2.05, 4.69) is 31.3 Å². The van der Waals surface area contributed by atoms with Gasteiger partial charge in [-0.2, -0.15) is 5.26 Å². The van der Waals surface area contributed by atoms with E-state index in [1.807, 2.05) is 6.07 Å². The second-order valence-corrected chi connectivity index (χ2v) is 7.93. The number of nitrogens with zero attached hydrogens (tertiary/aromatic N) is 7. The van der Waals surface area contributed by atoms with Crippen LogP contribution in [0.1, 0.15) is 30.8 Å². The predicted molar refractivity (Wildman–Crippen MR) is 120 cm³/mol. The van der Waals surface area contributed by atoms with Crippen LogP contribution in [0.4, 0.5) is 5.95 Å². The van der Waals surface area contributed by atoms with Crippen LogP contribution in [-0.4, -0.2) is 41.0 Å². The van der Waals surface area contributed by atoms with Gasteiger partial charge in [0.05, 0.1) is 47.1 Å². The number of aliphatic carboxylic acids is 1. The number of carboxylic acid groups (broad SMARTS) is 1. The van der Waals surface area contributed by atoms with Gasteiger partial charge in [0.25, 0.3) is 0 Å². The van der Waals surface area contributed by atoms with Crippen molar-refractivity contribution in [2.24, 2.45) is 0 Å². The lowest BCUT2D eigenvalue weighted by Gasteiger charge is -2.19. The number of carbonyl (C=O) groups is 1. The molecule has 0 aliphatic carbocycles. The number of nitrogen functional groups attached to an aromatic ring is 1. The number of hydrogen-bond acceptors (Lipinski definition) is 8. The number of carboxylic acids is 1. The van der Waals surface area contributed by atoms with E-state index in [1.165, 1.54) is 0 Å². The number of rotatable bonds is 6. The Kier molecular flexibility index (Phi) is 5.54. The van der Waals surface area contributed by atoms with Crippen molar-refractivity contribution < 1.29 is 9.90 Å². The van der Waals surface area contributed by atoms with Crippen molar-refractivity contribution in [1.29, 1.82) is 5.26 Å². The number of nitriles is 1. The van der Waals surface area contributed by atoms with Crippen LogP contribution in [0.3, 0.4) is 0 Å². The molecule has 3 heterocycles. The van der Waals surface area contributed by atoms with Crippen molar-refractivity contribution >= 4 is 11.9 Å². The van der Waals surface area contributed by atoms with Crippen LogP contribution in [0.2, 0.25) is 0 Å². The zero-order valence-electron chi connectivity index (χ0n) is 18.0. The molecule has 0 fully saturated rings. The van der Waals surface area contributed by atoms with Gasteiger partial charge in [0.15, 0.2) is 0 Å². The van der Waals surface area contributed by atoms with Crippen molar-refractivity contribution in [3.63, 3.8) is 0 Å². The molecule has 0 saturated carbocycles. The Hall–Kier alpha value is -4.65. The van der Waals surface area contributed by atoms with E-state index in [0.717, 1.165) is 5.56 Å². The van der Waals surface area contributed by atoms with Crippen molar-refractivity contribution in [2.75, 3.05) is 5.73 Å². The molecule has 0 amide bonds. The molecule has 0 bridgehead atoms. The van der Waals surface area contributed by atoms with Crippen LogP contribution in [-0.2, 0) is 16.8 Å². The molecule has 0 saturated heterocycles. The van der Waals surface area contributed by atoms with Crippen molar-refractivity contribution in [3.8, 4) is 28.7 Å². The van der Waals surface area contributed by atoms with Crippen LogP contribution < -0.4 is 5.73 Å². The van der Waals surface area contributed by atoms with Crippen molar-refractivity contribution in [3.05, 3.63) is 71.7 Å². The van der Waals surface area contributed by atoms with Crippen LogP contribution in [0.15, 0.2) is 54.7 Å². The predicted octanol–water partition coefficient (Wildman–Crippen LogP) is 2.66. The maximum atomic E-state index is 11.5. The van der Waals surface area contributed by atoms with E-state index >= 15 is 0 Å². The maximum Gasteiger partial charge on any atom is 0.315 e. The summed E-state index contributed by atoms with van der Waals surface area (Å²) in [6.45, 7) is 3.52. The first-order chi connectivity index (χ1) is 15.8. The lowest BCUT2D eigenvalue weighted by molar-refractivity contribution is -0.142. The first kappa shape index (κ1) is 21.6. The summed E-state index contributed by atoms with van der Waals surface area (Å²) in [5.41, 5.74) is 8.70. The van der Waals surface area contributed by atoms with Crippen LogP contribution in [0, 0.1) is 11.3 Å². The summed E-state index contributed by atoms with van der Waals surface area (Å²) in [6, 6.07) is 16.1. The summed E-state index contributed by atoms with van der Waals surface area (Å²) >= 11 is 0. The summed E-state index contributed by atoms with van der Waals surface area (Å²) in [5, 5.41) is 26.9. The summed E-state index contributed by atoms with van der Waals surface area (Å²) < 4.78 is 1.59. The average molecular weight is 440 g/mol. The molecular weight excluding hydrogens is 420 g/mol. The van der Waals surface area contributed by atoms with E-state index in [-0.39, 0.29) is 5.95 Å². The van der Waals surface area contributed by atoms with Crippen LogP contribution >= 0.6 is 0 Å². The molecule has 0 aliphatic heterocycles. The molecule has 33 heavy (non-hydrogen) atoms. The molecule has 0 spiro atoms. The van der Waals surface area contributed by atoms with Crippen LogP contribution in [0.25, 0.3) is 22.6 Å². The van der Waals surface area contributed by atoms with Gasteiger partial charge < -0.3 is 10.8 Å². The topological polar surface area (TPSA) is 156 Å². The molecular formula is C23H20N8O2. The van der Waals surface area contributed by atoms with Gasteiger partial charge in [0.1, 0.15) is 11.1 Å². The molecule has 4 aromatic rings. The minimum absolute atomic E-state index is 0.0738. The van der Waals surface area contributed by atoms with Crippen molar-refractivity contribution in [1.82, 2.24) is 29.9 Å². The average Bonchev–Trinajstić information content (AvgIpc) is 3.27. The summed E-state index contributed by atoms with van der Waals surface area (Å²) in [6.07, 6.45) is 1.70. The first-order valence-electron chi connectivity index (χ1n) is 10.0. The Balaban J connectivity index is 1.61. The molecule has 10 nitrogen and oxygen atoms in total. The fourth-order valence-electron chi connectivity index (χ4n) is 3.18. The third kappa shape index (κ3) is 4.52. The first-order valence-corrected chi connectivity index (χ1v) is 10.0. The smallest absolute Gasteiger partial charge is 0.315 e. The normalized spacial score (nSPS) is 11.2. The van der Waals surface area contributed by atoms with Gasteiger partial charge in [-0.05, 0) is 44.2 Å². The highest BCUT2D eigenvalue weighted by Crippen LogP contribution is 2.25. The fourth-order valence-corrected chi connectivity index (χ4v) is 3.18. The molecule has 0 atom stereocenters. The summed E-state index contributed by atoms with van der Waals surface area (Å²) in [4.78, 5) is 24.6. The quantitative estimate of drug-likeness (QED) is 0.460. The number of benzene rings is 1. The Labute approximate surface area is 189 Å². The van der Waals surface area contributed by atoms with Gasteiger partial charge in [-0.15, -0.1) is 5.10 Å². The zero-order valence-corrected chi connectivity index (χ0v) is 18.0. The highest BCUT2D eigenvalue weighted by molar-refractivity contribution is 5.79. The Bertz CT molecular complexity index is 1390. The van der Waals surface area contributed by atoms with Gasteiger partial charge in [-0.3, -0.25) is 9.78 Å². The van der Waals surface area contributed by atoms with E-state index in [9.17, 15) is 9.90 Å². The Morgan fingerprint density at radius 1 is 1.09 bits per heavy atom. The van der Waals surface area contributed by atoms with E-state index in [0.29, 0.717) is 40.6 Å². The third-order valence-electron chi connectivity index (χ3n) is 5.14. The highest BCUT2D eigenvalue weighted by atomic mass is 16.4. The van der Waals surface area contributed by atoms with Crippen LogP contribution in [0.5, 0.6) is 0 Å². The van der Waals surface area contributed by atoms with Gasteiger partial charge in [0.2, 0.25) is 5.95 Å². The lowest BCUT2D eigenvalue weighted by atomic mass is 9.89.